The van der Waals surface area contributed by atoms with Crippen LogP contribution in [-0.2, 0) is 16.1 Å². The van der Waals surface area contributed by atoms with Crippen LogP contribution in [0.2, 0.25) is 0 Å². The predicted molar refractivity (Wildman–Crippen MR) is 201 cm³/mol. The number of rotatable bonds is 13. The van der Waals surface area contributed by atoms with Gasteiger partial charge in [0.15, 0.2) is 0 Å². The number of alkyl halides is 2. The number of nitrogens with zero attached hydrogens (tertiary/aromatic N) is 3. The van der Waals surface area contributed by atoms with E-state index >= 15 is 8.78 Å². The molecule has 7 rings (SSSR count). The molecule has 2 amide bonds. The average Bonchev–Trinajstić information content (AvgIpc) is 3.57. The molecule has 4 aliphatic rings. The lowest BCUT2D eigenvalue weighted by Gasteiger charge is -2.54. The van der Waals surface area contributed by atoms with E-state index in [0.29, 0.717) is 11.8 Å². The number of anilines is 2. The summed E-state index contributed by atoms with van der Waals surface area (Å²) in [6.07, 6.45) is 5.89. The number of likely N-dealkylation sites (tertiary alicyclic amines) is 2. The number of nitrogens with one attached hydrogen (secondary N) is 2. The van der Waals surface area contributed by atoms with Gasteiger partial charge >= 0.3 is 6.09 Å². The van der Waals surface area contributed by atoms with E-state index in [1.54, 1.807) is 24.3 Å². The quantitative estimate of drug-likeness (QED) is 0.160. The Balaban J connectivity index is 0.983. The topological polar surface area (TPSA) is 88.2 Å². The largest absolute Gasteiger partial charge is 0.465 e. The van der Waals surface area contributed by atoms with E-state index < -0.39 is 17.9 Å². The maximum absolute atomic E-state index is 15.5. The minimum absolute atomic E-state index is 0.0965. The van der Waals surface area contributed by atoms with E-state index in [2.05, 4.69) is 38.0 Å². The van der Waals surface area contributed by atoms with Crippen molar-refractivity contribution in [3.05, 3.63) is 108 Å². The van der Waals surface area contributed by atoms with Crippen LogP contribution < -0.4 is 15.5 Å². The van der Waals surface area contributed by atoms with Crippen LogP contribution in [0.1, 0.15) is 55.2 Å². The molecule has 0 aromatic heterocycles. The molecule has 3 saturated heterocycles. The molecule has 53 heavy (non-hydrogen) atoms. The first-order valence-corrected chi connectivity index (χ1v) is 19.0. The Morgan fingerprint density at radius 2 is 1.57 bits per heavy atom. The number of halogens is 3. The molecule has 3 heterocycles. The summed E-state index contributed by atoms with van der Waals surface area (Å²) in [5, 5.41) is 15.2. The number of hydrogen-bond acceptors (Lipinski definition) is 5. The normalized spacial score (nSPS) is 22.7. The number of piperidine rings is 1. The molecule has 4 fully saturated rings. The number of hydrogen-bond donors (Lipinski definition) is 3. The van der Waals surface area contributed by atoms with Crippen LogP contribution in [0.3, 0.4) is 0 Å². The molecule has 3 aromatic carbocycles. The van der Waals surface area contributed by atoms with Crippen LogP contribution in [-0.4, -0.2) is 85.3 Å². The summed E-state index contributed by atoms with van der Waals surface area (Å²) in [5.74, 6) is -3.08. The van der Waals surface area contributed by atoms with Gasteiger partial charge < -0.3 is 30.4 Å². The average molecular weight is 730 g/mol. The molecular weight excluding hydrogens is 679 g/mol. The number of benzene rings is 3. The zero-order valence-corrected chi connectivity index (χ0v) is 30.2. The van der Waals surface area contributed by atoms with Crippen molar-refractivity contribution in [3.8, 4) is 0 Å². The third kappa shape index (κ3) is 7.82. The van der Waals surface area contributed by atoms with Gasteiger partial charge in [0, 0.05) is 66.1 Å². The van der Waals surface area contributed by atoms with Crippen molar-refractivity contribution in [2.24, 2.45) is 17.8 Å². The summed E-state index contributed by atoms with van der Waals surface area (Å²) in [6, 6.07) is 19.1. The molecule has 3 atom stereocenters. The number of carbonyl (C=O) groups is 2. The number of amides is 2. The summed E-state index contributed by atoms with van der Waals surface area (Å²) < 4.78 is 45.9. The number of carbonyl (C=O) groups excluding carboxylic acids is 1. The predicted octanol–water partition coefficient (Wildman–Crippen LogP) is 7.32. The van der Waals surface area contributed by atoms with Gasteiger partial charge in [-0.3, -0.25) is 4.79 Å². The smallest absolute Gasteiger partial charge is 0.404 e. The summed E-state index contributed by atoms with van der Waals surface area (Å²) >= 11 is 0. The summed E-state index contributed by atoms with van der Waals surface area (Å²) in [6.45, 7) is 10.8. The monoisotopic (exact) mass is 729 g/mol. The van der Waals surface area contributed by atoms with Crippen molar-refractivity contribution in [2.45, 2.75) is 55.9 Å². The van der Waals surface area contributed by atoms with Crippen LogP contribution in [0.25, 0.3) is 0 Å². The standard InChI is InChI=1S/C42H50F3N5O3/c1-2-39(51)46-35-10-4-8-33(24-35)42(44,45)31-13-15-36(16-14-31)50-26-29(27-50)25-48-21-17-30(18-22-48)41(28-49-19-6-20-49,32-7-3-9-34(43)23-32)37-11-5-12-38(37)47-40(52)53/h2-4,7-10,13-16,23-24,29-30,37-38,47H,1,5-6,11-12,17-22,25-28H2,(H,46,51)(H,52,53)/t37-,38-,41-/m0/s1. The maximum atomic E-state index is 15.5. The third-order valence-electron chi connectivity index (χ3n) is 12.3. The van der Waals surface area contributed by atoms with Gasteiger partial charge in [0.25, 0.3) is 5.92 Å². The van der Waals surface area contributed by atoms with Crippen LogP contribution in [0.4, 0.5) is 29.3 Å². The molecule has 0 spiro atoms. The van der Waals surface area contributed by atoms with Crippen LogP contribution in [0.5, 0.6) is 0 Å². The molecule has 0 unspecified atom stereocenters. The second-order valence-corrected chi connectivity index (χ2v) is 15.5. The van der Waals surface area contributed by atoms with Gasteiger partial charge in [0.1, 0.15) is 5.82 Å². The highest BCUT2D eigenvalue weighted by Crippen LogP contribution is 2.51. The van der Waals surface area contributed by atoms with Gasteiger partial charge in [-0.2, -0.15) is 8.78 Å². The van der Waals surface area contributed by atoms with E-state index in [9.17, 15) is 19.1 Å². The highest BCUT2D eigenvalue weighted by Gasteiger charge is 2.53. The highest BCUT2D eigenvalue weighted by molar-refractivity contribution is 5.98. The molecule has 0 bridgehead atoms. The molecule has 1 aliphatic carbocycles. The lowest BCUT2D eigenvalue weighted by Crippen LogP contribution is -2.60. The first-order chi connectivity index (χ1) is 25.5. The van der Waals surface area contributed by atoms with E-state index in [1.807, 2.05) is 6.07 Å². The molecule has 1 saturated carbocycles. The van der Waals surface area contributed by atoms with Crippen molar-refractivity contribution in [1.82, 2.24) is 15.1 Å². The van der Waals surface area contributed by atoms with Gasteiger partial charge in [-0.25, -0.2) is 9.18 Å². The van der Waals surface area contributed by atoms with Gasteiger partial charge in [-0.1, -0.05) is 49.4 Å². The Labute approximate surface area is 310 Å². The second kappa shape index (κ2) is 15.6. The van der Waals surface area contributed by atoms with Gasteiger partial charge in [-0.15, -0.1) is 0 Å². The number of carboxylic acid groups (broad SMARTS) is 1. The molecule has 3 aliphatic heterocycles. The van der Waals surface area contributed by atoms with Gasteiger partial charge in [-0.05, 0) is 118 Å². The Morgan fingerprint density at radius 3 is 2.23 bits per heavy atom. The minimum atomic E-state index is -3.23. The Hall–Kier alpha value is -4.35. The van der Waals surface area contributed by atoms with Crippen LogP contribution in [0.15, 0.2) is 85.5 Å². The molecule has 11 heteroatoms. The van der Waals surface area contributed by atoms with Gasteiger partial charge in [0.2, 0.25) is 5.91 Å². The Bertz CT molecular complexity index is 1770. The van der Waals surface area contributed by atoms with Crippen molar-refractivity contribution < 1.29 is 27.9 Å². The van der Waals surface area contributed by atoms with Crippen molar-refractivity contribution >= 4 is 23.4 Å². The lowest BCUT2D eigenvalue weighted by molar-refractivity contribution is -0.111. The third-order valence-corrected chi connectivity index (χ3v) is 12.3. The SMILES string of the molecule is C=CC(=O)Nc1cccc(C(F)(F)c2ccc(N3CC(CN4CCC([C@@](CN5CCC5)(c5cccc(F)c5)[C@H]5CCC[C@@H]5NC(=O)O)CC4)C3)cc2)c1. The zero-order chi connectivity index (χ0) is 37.2. The highest BCUT2D eigenvalue weighted by atomic mass is 19.3. The minimum Gasteiger partial charge on any atom is -0.465 e. The Kier molecular flexibility index (Phi) is 10.9. The first-order valence-electron chi connectivity index (χ1n) is 19.0. The summed E-state index contributed by atoms with van der Waals surface area (Å²) in [7, 11) is 0. The van der Waals surface area contributed by atoms with Gasteiger partial charge in [0.05, 0.1) is 0 Å². The van der Waals surface area contributed by atoms with E-state index in [-0.39, 0.29) is 40.0 Å². The van der Waals surface area contributed by atoms with E-state index in [4.69, 9.17) is 0 Å². The lowest BCUT2D eigenvalue weighted by atomic mass is 9.57. The molecule has 282 valence electrons. The molecule has 3 aromatic rings. The fraction of sp³-hybridized carbons (Fsp3) is 0.476. The van der Waals surface area contributed by atoms with Crippen LogP contribution >= 0.6 is 0 Å². The fourth-order valence-electron chi connectivity index (χ4n) is 9.61. The molecule has 0 radical (unpaired) electrons. The van der Waals surface area contributed by atoms with E-state index in [0.717, 1.165) is 108 Å². The molecule has 8 nitrogen and oxygen atoms in total. The zero-order valence-electron chi connectivity index (χ0n) is 30.2. The second-order valence-electron chi connectivity index (χ2n) is 15.5. The van der Waals surface area contributed by atoms with E-state index in [1.165, 1.54) is 36.4 Å². The molecule has 3 N–H and O–H groups in total. The van der Waals surface area contributed by atoms with Crippen molar-refractivity contribution in [1.29, 1.82) is 0 Å². The molecular formula is C42H50F3N5O3. The van der Waals surface area contributed by atoms with Crippen molar-refractivity contribution in [3.63, 3.8) is 0 Å². The van der Waals surface area contributed by atoms with Crippen LogP contribution in [0, 0.1) is 23.6 Å². The Morgan fingerprint density at radius 1 is 0.849 bits per heavy atom. The maximum Gasteiger partial charge on any atom is 0.404 e. The first kappa shape index (κ1) is 37.0. The summed E-state index contributed by atoms with van der Waals surface area (Å²) in [4.78, 5) is 30.8. The van der Waals surface area contributed by atoms with Crippen molar-refractivity contribution in [2.75, 3.05) is 62.6 Å². The fourth-order valence-corrected chi connectivity index (χ4v) is 9.61. The summed E-state index contributed by atoms with van der Waals surface area (Å²) in [5.41, 5.74) is 1.55.